The van der Waals surface area contributed by atoms with Crippen molar-refractivity contribution in [2.45, 2.75) is 26.3 Å². The van der Waals surface area contributed by atoms with Crippen molar-refractivity contribution in [3.63, 3.8) is 0 Å². The normalized spacial score (nSPS) is 10.4. The molecule has 0 aliphatic carbocycles. The van der Waals surface area contributed by atoms with Crippen molar-refractivity contribution in [3.05, 3.63) is 30.7 Å². The maximum absolute atomic E-state index is 4.14. The van der Waals surface area contributed by atoms with Gasteiger partial charge in [-0.15, -0.1) is 10.2 Å². The molecule has 0 radical (unpaired) electrons. The average molecular weight is 232 g/mol. The molecule has 0 unspecified atom stereocenters. The highest BCUT2D eigenvalue weighted by atomic mass is 15.2. The van der Waals surface area contributed by atoms with Gasteiger partial charge in [-0.05, 0) is 19.8 Å². The van der Waals surface area contributed by atoms with Crippen molar-refractivity contribution in [2.24, 2.45) is 0 Å². The molecular weight excluding hydrogens is 216 g/mol. The first-order valence-corrected chi connectivity index (χ1v) is 5.69. The largest absolute Gasteiger partial charge is 0.370 e. The third kappa shape index (κ3) is 3.82. The lowest BCUT2D eigenvalue weighted by Crippen LogP contribution is -2.05. The lowest BCUT2D eigenvalue weighted by atomic mass is 10.3. The molecule has 90 valence electrons. The van der Waals surface area contributed by atoms with Gasteiger partial charge in [-0.3, -0.25) is 0 Å². The molecule has 0 saturated heterocycles. The Kier molecular flexibility index (Phi) is 4.01. The van der Waals surface area contributed by atoms with Gasteiger partial charge in [-0.2, -0.15) is 0 Å². The molecule has 0 amide bonds. The van der Waals surface area contributed by atoms with E-state index in [0.717, 1.165) is 37.4 Å². The second-order valence-corrected chi connectivity index (χ2v) is 3.88. The first-order chi connectivity index (χ1) is 8.34. The van der Waals surface area contributed by atoms with E-state index in [2.05, 4.69) is 25.5 Å². The van der Waals surface area contributed by atoms with Crippen LogP contribution in [0.15, 0.2) is 25.0 Å². The summed E-state index contributed by atoms with van der Waals surface area (Å²) in [5.41, 5.74) is 0.979. The van der Waals surface area contributed by atoms with Gasteiger partial charge in [0.25, 0.3) is 0 Å². The van der Waals surface area contributed by atoms with Gasteiger partial charge < -0.3 is 9.88 Å². The van der Waals surface area contributed by atoms with E-state index in [0.29, 0.717) is 0 Å². The van der Waals surface area contributed by atoms with E-state index in [1.54, 1.807) is 19.0 Å². The van der Waals surface area contributed by atoms with Crippen LogP contribution in [0.5, 0.6) is 0 Å². The van der Waals surface area contributed by atoms with Crippen LogP contribution in [0.3, 0.4) is 0 Å². The van der Waals surface area contributed by atoms with Gasteiger partial charge in [-0.25, -0.2) is 9.97 Å². The monoisotopic (exact) mass is 232 g/mol. The van der Waals surface area contributed by atoms with Gasteiger partial charge in [0.1, 0.15) is 24.8 Å². The molecule has 0 saturated carbocycles. The standard InChI is InChI=1S/C11H16N6/c1-10-6-11(14-7-13-10)12-4-2-3-5-17-8-15-16-9-17/h6-9H,2-5H2,1H3,(H,12,13,14). The highest BCUT2D eigenvalue weighted by molar-refractivity contribution is 5.33. The molecule has 2 heterocycles. The second-order valence-electron chi connectivity index (χ2n) is 3.88. The Balaban J connectivity index is 1.63. The summed E-state index contributed by atoms with van der Waals surface area (Å²) in [6.45, 7) is 3.83. The predicted octanol–water partition coefficient (Wildman–Crippen LogP) is 1.27. The van der Waals surface area contributed by atoms with Crippen molar-refractivity contribution in [1.29, 1.82) is 0 Å². The fourth-order valence-electron chi connectivity index (χ4n) is 1.52. The third-order valence-corrected chi connectivity index (χ3v) is 2.42. The molecule has 0 aliphatic heterocycles. The number of aromatic nitrogens is 5. The third-order valence-electron chi connectivity index (χ3n) is 2.42. The number of aryl methyl sites for hydroxylation is 2. The van der Waals surface area contributed by atoms with Crippen molar-refractivity contribution >= 4 is 5.82 Å². The number of hydrogen-bond acceptors (Lipinski definition) is 5. The van der Waals surface area contributed by atoms with Gasteiger partial charge in [-0.1, -0.05) is 0 Å². The number of anilines is 1. The van der Waals surface area contributed by atoms with Crippen molar-refractivity contribution in [2.75, 3.05) is 11.9 Å². The maximum Gasteiger partial charge on any atom is 0.129 e. The van der Waals surface area contributed by atoms with Crippen LogP contribution >= 0.6 is 0 Å². The van der Waals surface area contributed by atoms with Gasteiger partial charge in [0.15, 0.2) is 0 Å². The smallest absolute Gasteiger partial charge is 0.129 e. The fraction of sp³-hybridized carbons (Fsp3) is 0.455. The summed E-state index contributed by atoms with van der Waals surface area (Å²) in [7, 11) is 0. The summed E-state index contributed by atoms with van der Waals surface area (Å²) in [5, 5.41) is 10.8. The first kappa shape index (κ1) is 11.5. The molecule has 6 nitrogen and oxygen atoms in total. The quantitative estimate of drug-likeness (QED) is 0.759. The van der Waals surface area contributed by atoms with Gasteiger partial charge in [0.05, 0.1) is 0 Å². The van der Waals surface area contributed by atoms with E-state index in [1.807, 2.05) is 17.6 Å². The lowest BCUT2D eigenvalue weighted by Gasteiger charge is -2.05. The Morgan fingerprint density at radius 1 is 1.18 bits per heavy atom. The van der Waals surface area contributed by atoms with Crippen molar-refractivity contribution < 1.29 is 0 Å². The van der Waals surface area contributed by atoms with E-state index >= 15 is 0 Å². The molecule has 0 aliphatic rings. The minimum Gasteiger partial charge on any atom is -0.370 e. The van der Waals surface area contributed by atoms with E-state index in [4.69, 9.17) is 0 Å². The Morgan fingerprint density at radius 3 is 2.76 bits per heavy atom. The van der Waals surface area contributed by atoms with Gasteiger partial charge in [0, 0.05) is 24.8 Å². The molecule has 2 aromatic heterocycles. The molecule has 0 atom stereocenters. The van der Waals surface area contributed by atoms with Gasteiger partial charge in [0.2, 0.25) is 0 Å². The Hall–Kier alpha value is -1.98. The van der Waals surface area contributed by atoms with Crippen molar-refractivity contribution in [1.82, 2.24) is 24.7 Å². The van der Waals surface area contributed by atoms with E-state index < -0.39 is 0 Å². The molecular formula is C11H16N6. The number of hydrogen-bond donors (Lipinski definition) is 1. The predicted molar refractivity (Wildman–Crippen MR) is 64.5 cm³/mol. The molecule has 0 spiro atoms. The second kappa shape index (κ2) is 5.93. The number of rotatable bonds is 6. The molecule has 2 aromatic rings. The molecule has 0 aromatic carbocycles. The van der Waals surface area contributed by atoms with E-state index in [9.17, 15) is 0 Å². The topological polar surface area (TPSA) is 68.5 Å². The van der Waals surface area contributed by atoms with E-state index in [1.165, 1.54) is 0 Å². The lowest BCUT2D eigenvalue weighted by molar-refractivity contribution is 0.619. The summed E-state index contributed by atoms with van der Waals surface area (Å²) in [6.07, 6.45) is 7.23. The highest BCUT2D eigenvalue weighted by Gasteiger charge is 1.95. The number of nitrogens with one attached hydrogen (secondary N) is 1. The summed E-state index contributed by atoms with van der Waals surface area (Å²) >= 11 is 0. The van der Waals surface area contributed by atoms with Crippen LogP contribution in [0.4, 0.5) is 5.82 Å². The minimum absolute atomic E-state index is 0.891. The van der Waals surface area contributed by atoms with E-state index in [-0.39, 0.29) is 0 Å². The van der Waals surface area contributed by atoms with Crippen LogP contribution < -0.4 is 5.32 Å². The summed E-state index contributed by atoms with van der Waals surface area (Å²) in [5.74, 6) is 0.891. The Morgan fingerprint density at radius 2 is 2.00 bits per heavy atom. The molecule has 6 heteroatoms. The molecule has 1 N–H and O–H groups in total. The molecule has 0 bridgehead atoms. The zero-order chi connectivity index (χ0) is 11.9. The molecule has 2 rings (SSSR count). The zero-order valence-electron chi connectivity index (χ0n) is 9.87. The molecule has 17 heavy (non-hydrogen) atoms. The van der Waals surface area contributed by atoms with Crippen LogP contribution in [0.1, 0.15) is 18.5 Å². The van der Waals surface area contributed by atoms with Crippen LogP contribution in [-0.4, -0.2) is 31.3 Å². The van der Waals surface area contributed by atoms with Crippen molar-refractivity contribution in [3.8, 4) is 0 Å². The number of unbranched alkanes of at least 4 members (excludes halogenated alkanes) is 1. The Bertz CT molecular complexity index is 439. The van der Waals surface area contributed by atoms with Gasteiger partial charge >= 0.3 is 0 Å². The minimum atomic E-state index is 0.891. The SMILES string of the molecule is Cc1cc(NCCCCn2cnnc2)ncn1. The highest BCUT2D eigenvalue weighted by Crippen LogP contribution is 2.03. The number of nitrogens with zero attached hydrogens (tertiary/aromatic N) is 5. The van der Waals surface area contributed by atoms with Crippen LogP contribution in [-0.2, 0) is 6.54 Å². The zero-order valence-corrected chi connectivity index (χ0v) is 9.87. The first-order valence-electron chi connectivity index (χ1n) is 5.69. The maximum atomic E-state index is 4.14. The van der Waals surface area contributed by atoms with Crippen LogP contribution in [0, 0.1) is 6.92 Å². The average Bonchev–Trinajstić information content (AvgIpc) is 2.82. The summed E-state index contributed by atoms with van der Waals surface area (Å²) in [6, 6.07) is 1.94. The Labute approximate surface area is 100 Å². The van der Waals surface area contributed by atoms with Crippen LogP contribution in [0.25, 0.3) is 0 Å². The fourth-order valence-corrected chi connectivity index (χ4v) is 1.52. The summed E-state index contributed by atoms with van der Waals surface area (Å²) < 4.78 is 1.98. The molecule has 0 fully saturated rings. The van der Waals surface area contributed by atoms with Crippen LogP contribution in [0.2, 0.25) is 0 Å². The summed E-state index contributed by atoms with van der Waals surface area (Å²) in [4.78, 5) is 8.19.